The molecule has 0 aliphatic carbocycles. The highest BCUT2D eigenvalue weighted by Gasteiger charge is 2.20. The Morgan fingerprint density at radius 1 is 0.889 bits per heavy atom. The zero-order valence-electron chi connectivity index (χ0n) is 16.3. The van der Waals surface area contributed by atoms with Crippen LogP contribution in [0.15, 0.2) is 48.5 Å². The van der Waals surface area contributed by atoms with Crippen LogP contribution in [0.2, 0.25) is 0 Å². The van der Waals surface area contributed by atoms with Crippen LogP contribution in [-0.4, -0.2) is 28.8 Å². The van der Waals surface area contributed by atoms with E-state index in [2.05, 4.69) is 39.0 Å². The number of hydrogen-bond donors (Lipinski definition) is 0. The van der Waals surface area contributed by atoms with Gasteiger partial charge in [-0.1, -0.05) is 39.0 Å². The van der Waals surface area contributed by atoms with Crippen LogP contribution < -0.4 is 9.47 Å². The van der Waals surface area contributed by atoms with Gasteiger partial charge in [-0.05, 0) is 24.3 Å². The lowest BCUT2D eigenvalue weighted by atomic mass is 9.93. The summed E-state index contributed by atoms with van der Waals surface area (Å²) in [6.45, 7) is 6.48. The summed E-state index contributed by atoms with van der Waals surface area (Å²) in [6.07, 6.45) is 0. The van der Waals surface area contributed by atoms with Crippen LogP contribution >= 0.6 is 0 Å². The maximum absolute atomic E-state index is 5.48. The minimum atomic E-state index is -0.0434. The summed E-state index contributed by atoms with van der Waals surface area (Å²) in [5.41, 5.74) is 4.72. The Kier molecular flexibility index (Phi) is 4.02. The van der Waals surface area contributed by atoms with E-state index in [4.69, 9.17) is 19.6 Å². The van der Waals surface area contributed by atoms with Gasteiger partial charge in [0.2, 0.25) is 0 Å². The summed E-state index contributed by atoms with van der Waals surface area (Å²) in [4.78, 5) is 4.94. The summed E-state index contributed by atoms with van der Waals surface area (Å²) in [5, 5.41) is 5.86. The molecular weight excluding hydrogens is 338 g/mol. The van der Waals surface area contributed by atoms with Crippen LogP contribution in [-0.2, 0) is 5.41 Å². The molecule has 138 valence electrons. The SMILES string of the molecule is COc1ccc(-c2nc3cc(C(C)(C)C)nn3c3ccccc23)cc1OC. The second-order valence-corrected chi connectivity index (χ2v) is 7.60. The molecule has 0 amide bonds. The Balaban J connectivity index is 2.02. The van der Waals surface area contributed by atoms with E-state index < -0.39 is 0 Å². The quantitative estimate of drug-likeness (QED) is 0.523. The molecule has 4 rings (SSSR count). The van der Waals surface area contributed by atoms with Gasteiger partial charge in [0.25, 0.3) is 0 Å². The van der Waals surface area contributed by atoms with E-state index in [1.165, 1.54) is 0 Å². The van der Waals surface area contributed by atoms with Crippen molar-refractivity contribution in [1.82, 2.24) is 14.6 Å². The molecule has 0 atom stereocenters. The highest BCUT2D eigenvalue weighted by atomic mass is 16.5. The van der Waals surface area contributed by atoms with Crippen molar-refractivity contribution in [2.75, 3.05) is 14.2 Å². The molecule has 27 heavy (non-hydrogen) atoms. The van der Waals surface area contributed by atoms with Gasteiger partial charge < -0.3 is 9.47 Å². The molecule has 5 heteroatoms. The van der Waals surface area contributed by atoms with E-state index >= 15 is 0 Å². The molecule has 2 aromatic heterocycles. The first-order valence-electron chi connectivity index (χ1n) is 8.94. The molecule has 0 unspecified atom stereocenters. The number of ether oxygens (including phenoxy) is 2. The highest BCUT2D eigenvalue weighted by Crippen LogP contribution is 2.35. The maximum Gasteiger partial charge on any atom is 0.161 e. The van der Waals surface area contributed by atoms with Gasteiger partial charge in [-0.2, -0.15) is 5.10 Å². The monoisotopic (exact) mass is 361 g/mol. The molecule has 2 heterocycles. The summed E-state index contributed by atoms with van der Waals surface area (Å²) in [6, 6.07) is 16.1. The van der Waals surface area contributed by atoms with Crippen LogP contribution in [0.25, 0.3) is 27.8 Å². The number of methoxy groups -OCH3 is 2. The number of nitrogens with zero attached hydrogens (tertiary/aromatic N) is 3. The zero-order valence-corrected chi connectivity index (χ0v) is 16.3. The smallest absolute Gasteiger partial charge is 0.161 e. The Hall–Kier alpha value is -3.08. The first kappa shape index (κ1) is 17.3. The molecule has 0 aliphatic heterocycles. The van der Waals surface area contributed by atoms with Crippen LogP contribution in [0.1, 0.15) is 26.5 Å². The molecule has 0 N–H and O–H groups in total. The van der Waals surface area contributed by atoms with E-state index in [0.29, 0.717) is 11.5 Å². The predicted octanol–water partition coefficient (Wildman–Crippen LogP) is 4.86. The fourth-order valence-corrected chi connectivity index (χ4v) is 3.23. The Morgan fingerprint density at radius 2 is 1.63 bits per heavy atom. The van der Waals surface area contributed by atoms with E-state index in [9.17, 15) is 0 Å². The van der Waals surface area contributed by atoms with Crippen LogP contribution in [0, 0.1) is 0 Å². The Morgan fingerprint density at radius 3 is 2.33 bits per heavy atom. The van der Waals surface area contributed by atoms with Gasteiger partial charge in [0.15, 0.2) is 17.1 Å². The van der Waals surface area contributed by atoms with Gasteiger partial charge in [-0.3, -0.25) is 0 Å². The molecule has 0 spiro atoms. The fraction of sp³-hybridized carbons (Fsp3) is 0.273. The third-order valence-corrected chi connectivity index (χ3v) is 4.73. The van der Waals surface area contributed by atoms with E-state index in [1.807, 2.05) is 34.8 Å². The molecule has 4 aromatic rings. The lowest BCUT2D eigenvalue weighted by molar-refractivity contribution is 0.355. The molecular formula is C22H23N3O2. The van der Waals surface area contributed by atoms with Gasteiger partial charge in [0.1, 0.15) is 0 Å². The van der Waals surface area contributed by atoms with Gasteiger partial charge in [-0.25, -0.2) is 9.50 Å². The second kappa shape index (κ2) is 6.27. The van der Waals surface area contributed by atoms with Gasteiger partial charge >= 0.3 is 0 Å². The van der Waals surface area contributed by atoms with Gasteiger partial charge in [0.05, 0.1) is 31.1 Å². The molecule has 0 fully saturated rings. The predicted molar refractivity (Wildman–Crippen MR) is 108 cm³/mol. The first-order chi connectivity index (χ1) is 12.9. The lowest BCUT2D eigenvalue weighted by Gasteiger charge is -2.13. The van der Waals surface area contributed by atoms with E-state index in [-0.39, 0.29) is 5.41 Å². The number of fused-ring (bicyclic) bond motifs is 3. The Bertz CT molecular complexity index is 1140. The van der Waals surface area contributed by atoms with Crippen LogP contribution in [0.3, 0.4) is 0 Å². The van der Waals surface area contributed by atoms with Crippen LogP contribution in [0.4, 0.5) is 0 Å². The molecule has 0 radical (unpaired) electrons. The fourth-order valence-electron chi connectivity index (χ4n) is 3.23. The van der Waals surface area contributed by atoms with Crippen molar-refractivity contribution in [3.63, 3.8) is 0 Å². The van der Waals surface area contributed by atoms with Crippen molar-refractivity contribution < 1.29 is 9.47 Å². The zero-order chi connectivity index (χ0) is 19.2. The number of rotatable bonds is 3. The normalized spacial score (nSPS) is 11.9. The maximum atomic E-state index is 5.48. The molecule has 0 bridgehead atoms. The van der Waals surface area contributed by atoms with E-state index in [0.717, 1.165) is 33.5 Å². The van der Waals surface area contributed by atoms with Crippen molar-refractivity contribution >= 4 is 16.6 Å². The number of aromatic nitrogens is 3. The summed E-state index contributed by atoms with van der Waals surface area (Å²) >= 11 is 0. The highest BCUT2D eigenvalue weighted by molar-refractivity contribution is 5.94. The minimum Gasteiger partial charge on any atom is -0.493 e. The standard InChI is InChI=1S/C22H23N3O2/c1-22(2,3)19-13-20-23-21(14-10-11-17(26-4)18(12-14)27-5)15-8-6-7-9-16(15)25(20)24-19/h6-13H,1-5H3. The second-order valence-electron chi connectivity index (χ2n) is 7.60. The molecule has 0 aliphatic rings. The summed E-state index contributed by atoms with van der Waals surface area (Å²) in [5.74, 6) is 1.38. The molecule has 0 saturated heterocycles. The van der Waals surface area contributed by atoms with Crippen molar-refractivity contribution in [1.29, 1.82) is 0 Å². The third kappa shape index (κ3) is 2.89. The lowest BCUT2D eigenvalue weighted by Crippen LogP contribution is -2.11. The van der Waals surface area contributed by atoms with Crippen molar-refractivity contribution in [3.05, 3.63) is 54.2 Å². The molecule has 5 nitrogen and oxygen atoms in total. The largest absolute Gasteiger partial charge is 0.493 e. The molecule has 2 aromatic carbocycles. The van der Waals surface area contributed by atoms with Gasteiger partial charge in [0, 0.05) is 22.4 Å². The number of benzene rings is 2. The third-order valence-electron chi connectivity index (χ3n) is 4.73. The molecule has 0 saturated carbocycles. The van der Waals surface area contributed by atoms with E-state index in [1.54, 1.807) is 14.2 Å². The van der Waals surface area contributed by atoms with Crippen LogP contribution in [0.5, 0.6) is 11.5 Å². The van der Waals surface area contributed by atoms with Crippen molar-refractivity contribution in [2.45, 2.75) is 26.2 Å². The number of hydrogen-bond acceptors (Lipinski definition) is 4. The Labute approximate surface area is 158 Å². The average molecular weight is 361 g/mol. The first-order valence-corrected chi connectivity index (χ1v) is 8.94. The summed E-state index contributed by atoms with van der Waals surface area (Å²) < 4.78 is 12.8. The van der Waals surface area contributed by atoms with Gasteiger partial charge in [-0.15, -0.1) is 0 Å². The van der Waals surface area contributed by atoms with Crippen molar-refractivity contribution in [2.24, 2.45) is 0 Å². The number of para-hydroxylation sites is 1. The van der Waals surface area contributed by atoms with Crippen molar-refractivity contribution in [3.8, 4) is 22.8 Å². The minimum absolute atomic E-state index is 0.0434. The topological polar surface area (TPSA) is 48.7 Å². The average Bonchev–Trinajstić information content (AvgIpc) is 3.12. The summed E-state index contributed by atoms with van der Waals surface area (Å²) in [7, 11) is 3.28.